The first-order valence-corrected chi connectivity index (χ1v) is 4.94. The van der Waals surface area contributed by atoms with Gasteiger partial charge in [0.1, 0.15) is 5.76 Å². The fourth-order valence-electron chi connectivity index (χ4n) is 1.57. The molecule has 1 aromatic heterocycles. The lowest BCUT2D eigenvalue weighted by molar-refractivity contribution is 0.391. The van der Waals surface area contributed by atoms with Crippen molar-refractivity contribution in [3.05, 3.63) is 29.2 Å². The minimum absolute atomic E-state index is 0.289. The highest BCUT2D eigenvalue weighted by molar-refractivity contribution is 5.24. The molecule has 0 fully saturated rings. The van der Waals surface area contributed by atoms with E-state index in [1.54, 1.807) is 0 Å². The summed E-state index contributed by atoms with van der Waals surface area (Å²) in [5.41, 5.74) is 2.15. The Labute approximate surface area is 85.2 Å². The Hall–Kier alpha value is -1.09. The Morgan fingerprint density at radius 3 is 2.71 bits per heavy atom. The number of hydrogen-bond donors (Lipinski definition) is 1. The van der Waals surface area contributed by atoms with E-state index in [0.29, 0.717) is 0 Å². The average molecular weight is 194 g/mol. The largest absolute Gasteiger partial charge is 0.361 e. The van der Waals surface area contributed by atoms with Crippen LogP contribution < -0.4 is 5.32 Å². The van der Waals surface area contributed by atoms with Crippen molar-refractivity contribution in [3.8, 4) is 0 Å². The maximum absolute atomic E-state index is 5.11. The van der Waals surface area contributed by atoms with Gasteiger partial charge in [-0.05, 0) is 27.7 Å². The standard InChI is InChI=1S/C11H18N2O/c1-5-6-7-12-8(2)11-9(3)13-14-10(11)4/h5-6,8,12H,7H2,1-4H3/b6-5+. The number of allylic oxidation sites excluding steroid dienone is 1. The van der Waals surface area contributed by atoms with E-state index in [1.807, 2.05) is 26.8 Å². The highest BCUT2D eigenvalue weighted by atomic mass is 16.5. The predicted octanol–water partition coefficient (Wildman–Crippen LogP) is 2.52. The number of aryl methyl sites for hydroxylation is 2. The van der Waals surface area contributed by atoms with Gasteiger partial charge < -0.3 is 9.84 Å². The van der Waals surface area contributed by atoms with Gasteiger partial charge in [-0.1, -0.05) is 17.3 Å². The van der Waals surface area contributed by atoms with Crippen molar-refractivity contribution < 1.29 is 4.52 Å². The van der Waals surface area contributed by atoms with Crippen LogP contribution in [0.3, 0.4) is 0 Å². The van der Waals surface area contributed by atoms with Crippen molar-refractivity contribution >= 4 is 0 Å². The summed E-state index contributed by atoms with van der Waals surface area (Å²) in [6.45, 7) is 8.93. The summed E-state index contributed by atoms with van der Waals surface area (Å²) in [5.74, 6) is 0.906. The molecule has 0 saturated carbocycles. The molecule has 3 heteroatoms. The maximum Gasteiger partial charge on any atom is 0.138 e. The lowest BCUT2D eigenvalue weighted by atomic mass is 10.1. The van der Waals surface area contributed by atoms with Gasteiger partial charge in [0.15, 0.2) is 0 Å². The zero-order chi connectivity index (χ0) is 10.6. The molecule has 0 aliphatic carbocycles. The molecule has 1 atom stereocenters. The predicted molar refractivity (Wildman–Crippen MR) is 57.2 cm³/mol. The van der Waals surface area contributed by atoms with E-state index < -0.39 is 0 Å². The van der Waals surface area contributed by atoms with Gasteiger partial charge in [-0.3, -0.25) is 0 Å². The fraction of sp³-hybridized carbons (Fsp3) is 0.545. The third-order valence-electron chi connectivity index (χ3n) is 2.30. The first kappa shape index (κ1) is 11.0. The molecule has 14 heavy (non-hydrogen) atoms. The molecule has 78 valence electrons. The second-order valence-electron chi connectivity index (χ2n) is 3.44. The highest BCUT2D eigenvalue weighted by Gasteiger charge is 2.14. The Morgan fingerprint density at radius 2 is 2.21 bits per heavy atom. The van der Waals surface area contributed by atoms with Crippen LogP contribution in [-0.4, -0.2) is 11.7 Å². The van der Waals surface area contributed by atoms with E-state index in [1.165, 1.54) is 5.56 Å². The monoisotopic (exact) mass is 194 g/mol. The Morgan fingerprint density at radius 1 is 1.50 bits per heavy atom. The zero-order valence-corrected chi connectivity index (χ0v) is 9.29. The van der Waals surface area contributed by atoms with Crippen molar-refractivity contribution in [2.75, 3.05) is 6.54 Å². The quantitative estimate of drug-likeness (QED) is 0.748. The van der Waals surface area contributed by atoms with Crippen LogP contribution in [0.4, 0.5) is 0 Å². The summed E-state index contributed by atoms with van der Waals surface area (Å²) in [7, 11) is 0. The molecule has 0 aromatic carbocycles. The average Bonchev–Trinajstić information content (AvgIpc) is 2.46. The van der Waals surface area contributed by atoms with Gasteiger partial charge in [0, 0.05) is 18.2 Å². The minimum Gasteiger partial charge on any atom is -0.361 e. The van der Waals surface area contributed by atoms with E-state index >= 15 is 0 Å². The summed E-state index contributed by atoms with van der Waals surface area (Å²) < 4.78 is 5.11. The van der Waals surface area contributed by atoms with Crippen LogP contribution in [0.1, 0.15) is 36.9 Å². The molecule has 1 heterocycles. The fourth-order valence-corrected chi connectivity index (χ4v) is 1.57. The molecule has 0 bridgehead atoms. The first-order chi connectivity index (χ1) is 6.66. The van der Waals surface area contributed by atoms with Crippen LogP contribution in [0.5, 0.6) is 0 Å². The first-order valence-electron chi connectivity index (χ1n) is 4.94. The van der Waals surface area contributed by atoms with Gasteiger partial charge in [0.2, 0.25) is 0 Å². The van der Waals surface area contributed by atoms with E-state index in [9.17, 15) is 0 Å². The number of aromatic nitrogens is 1. The van der Waals surface area contributed by atoms with Crippen LogP contribution in [0, 0.1) is 13.8 Å². The van der Waals surface area contributed by atoms with Crippen LogP contribution >= 0.6 is 0 Å². The number of nitrogens with zero attached hydrogens (tertiary/aromatic N) is 1. The molecule has 0 spiro atoms. The smallest absolute Gasteiger partial charge is 0.138 e. The van der Waals surface area contributed by atoms with E-state index in [4.69, 9.17) is 4.52 Å². The van der Waals surface area contributed by atoms with Crippen LogP contribution in [0.15, 0.2) is 16.7 Å². The van der Waals surface area contributed by atoms with Crippen molar-refractivity contribution in [1.29, 1.82) is 0 Å². The number of nitrogens with one attached hydrogen (secondary N) is 1. The van der Waals surface area contributed by atoms with E-state index in [-0.39, 0.29) is 6.04 Å². The van der Waals surface area contributed by atoms with Gasteiger partial charge in [-0.15, -0.1) is 0 Å². The second kappa shape index (κ2) is 4.96. The molecule has 0 saturated heterocycles. The van der Waals surface area contributed by atoms with Gasteiger partial charge >= 0.3 is 0 Å². The van der Waals surface area contributed by atoms with Crippen LogP contribution in [0.2, 0.25) is 0 Å². The van der Waals surface area contributed by atoms with E-state index in [2.05, 4.69) is 23.5 Å². The maximum atomic E-state index is 5.11. The van der Waals surface area contributed by atoms with Crippen molar-refractivity contribution in [2.45, 2.75) is 33.7 Å². The molecule has 0 amide bonds. The molecule has 1 rings (SSSR count). The Balaban J connectivity index is 2.64. The number of rotatable bonds is 4. The van der Waals surface area contributed by atoms with Crippen molar-refractivity contribution in [3.63, 3.8) is 0 Å². The van der Waals surface area contributed by atoms with Gasteiger partial charge in [0.25, 0.3) is 0 Å². The third-order valence-corrected chi connectivity index (χ3v) is 2.30. The van der Waals surface area contributed by atoms with Crippen molar-refractivity contribution in [1.82, 2.24) is 10.5 Å². The molecule has 1 N–H and O–H groups in total. The molecule has 1 aromatic rings. The normalized spacial score (nSPS) is 13.7. The second-order valence-corrected chi connectivity index (χ2v) is 3.44. The van der Waals surface area contributed by atoms with Crippen LogP contribution in [0.25, 0.3) is 0 Å². The summed E-state index contributed by atoms with van der Waals surface area (Å²) in [4.78, 5) is 0. The zero-order valence-electron chi connectivity index (χ0n) is 9.29. The lowest BCUT2D eigenvalue weighted by Crippen LogP contribution is -2.19. The Bertz CT molecular complexity index is 296. The number of hydrogen-bond acceptors (Lipinski definition) is 3. The SMILES string of the molecule is C/C=C/CNC(C)c1c(C)noc1C. The summed E-state index contributed by atoms with van der Waals surface area (Å²) in [5, 5.41) is 7.31. The molecule has 0 aliphatic rings. The highest BCUT2D eigenvalue weighted by Crippen LogP contribution is 2.20. The molecule has 1 unspecified atom stereocenters. The van der Waals surface area contributed by atoms with E-state index in [0.717, 1.165) is 18.0 Å². The Kier molecular flexibility index (Phi) is 3.89. The molecule has 0 radical (unpaired) electrons. The lowest BCUT2D eigenvalue weighted by Gasteiger charge is -2.11. The summed E-state index contributed by atoms with van der Waals surface area (Å²) in [6, 6.07) is 0.289. The third kappa shape index (κ3) is 2.45. The van der Waals surface area contributed by atoms with Crippen molar-refractivity contribution in [2.24, 2.45) is 0 Å². The molecular formula is C11H18N2O. The molecule has 3 nitrogen and oxygen atoms in total. The topological polar surface area (TPSA) is 38.1 Å². The molecule has 0 aliphatic heterocycles. The van der Waals surface area contributed by atoms with Gasteiger partial charge in [-0.25, -0.2) is 0 Å². The minimum atomic E-state index is 0.289. The summed E-state index contributed by atoms with van der Waals surface area (Å²) in [6.07, 6.45) is 4.13. The summed E-state index contributed by atoms with van der Waals surface area (Å²) >= 11 is 0. The molecular weight excluding hydrogens is 176 g/mol. The van der Waals surface area contributed by atoms with Gasteiger partial charge in [0.05, 0.1) is 5.69 Å². The van der Waals surface area contributed by atoms with Crippen LogP contribution in [-0.2, 0) is 0 Å². The van der Waals surface area contributed by atoms with Gasteiger partial charge in [-0.2, -0.15) is 0 Å².